The van der Waals surface area contributed by atoms with Gasteiger partial charge in [0, 0.05) is 24.3 Å². The van der Waals surface area contributed by atoms with Crippen molar-refractivity contribution in [2.24, 2.45) is 5.41 Å². The summed E-state index contributed by atoms with van der Waals surface area (Å²) in [5.41, 5.74) is 0.416. The molecule has 6 nitrogen and oxygen atoms in total. The van der Waals surface area contributed by atoms with Gasteiger partial charge in [-0.2, -0.15) is 0 Å². The molecule has 0 aromatic heterocycles. The van der Waals surface area contributed by atoms with Crippen LogP contribution in [-0.4, -0.2) is 40.9 Å². The summed E-state index contributed by atoms with van der Waals surface area (Å²) in [4.78, 5) is 38.1. The van der Waals surface area contributed by atoms with E-state index < -0.39 is 23.1 Å². The Hall–Kier alpha value is -3.22. The van der Waals surface area contributed by atoms with E-state index in [4.69, 9.17) is 0 Å². The third-order valence-corrected chi connectivity index (χ3v) is 5.13. The van der Waals surface area contributed by atoms with E-state index in [-0.39, 0.29) is 18.0 Å². The predicted molar refractivity (Wildman–Crippen MR) is 102 cm³/mol. The minimum Gasteiger partial charge on any atom is -0.481 e. The molecule has 0 aliphatic carbocycles. The average Bonchev–Trinajstić information content (AvgIpc) is 3.07. The fourth-order valence-corrected chi connectivity index (χ4v) is 3.22. The number of nitrogens with one attached hydrogen (secondary N) is 1. The number of benzene rings is 2. The van der Waals surface area contributed by atoms with Crippen molar-refractivity contribution in [1.82, 2.24) is 4.90 Å². The molecule has 0 radical (unpaired) electrons. The number of rotatable bonds is 4. The molecular weight excluding hydrogens is 363 g/mol. The Morgan fingerprint density at radius 1 is 1.18 bits per heavy atom. The highest BCUT2D eigenvalue weighted by molar-refractivity contribution is 6.05. The van der Waals surface area contributed by atoms with Crippen molar-refractivity contribution >= 4 is 23.5 Å². The number of amides is 2. The molecular formula is C21H21FN2O4. The number of nitrogens with zero attached hydrogens (tertiary/aromatic N) is 1. The molecule has 2 aromatic rings. The summed E-state index contributed by atoms with van der Waals surface area (Å²) < 4.78 is 13.8. The van der Waals surface area contributed by atoms with Gasteiger partial charge in [0.1, 0.15) is 5.82 Å². The highest BCUT2D eigenvalue weighted by Crippen LogP contribution is 2.31. The van der Waals surface area contributed by atoms with Crippen molar-refractivity contribution in [3.05, 3.63) is 65.0 Å². The van der Waals surface area contributed by atoms with Gasteiger partial charge in [0.05, 0.1) is 11.0 Å². The van der Waals surface area contributed by atoms with Crippen LogP contribution in [0.4, 0.5) is 10.1 Å². The Morgan fingerprint density at radius 3 is 2.54 bits per heavy atom. The first-order valence-electron chi connectivity index (χ1n) is 8.90. The molecule has 1 saturated heterocycles. The molecule has 1 aliphatic rings. The summed E-state index contributed by atoms with van der Waals surface area (Å²) in [7, 11) is 0. The molecule has 2 aromatic carbocycles. The molecule has 2 amide bonds. The number of halogens is 1. The minimum absolute atomic E-state index is 0.0876. The zero-order valence-corrected chi connectivity index (χ0v) is 15.7. The Morgan fingerprint density at radius 2 is 1.89 bits per heavy atom. The van der Waals surface area contributed by atoms with E-state index in [1.54, 1.807) is 32.0 Å². The van der Waals surface area contributed by atoms with E-state index in [1.807, 2.05) is 0 Å². The number of carboxylic acid groups (broad SMARTS) is 1. The zero-order valence-electron chi connectivity index (χ0n) is 15.7. The molecule has 2 N–H and O–H groups in total. The lowest BCUT2D eigenvalue weighted by Gasteiger charge is -2.20. The summed E-state index contributed by atoms with van der Waals surface area (Å²) in [5, 5.41) is 12.0. The van der Waals surface area contributed by atoms with Crippen LogP contribution < -0.4 is 5.32 Å². The van der Waals surface area contributed by atoms with Crippen molar-refractivity contribution in [2.45, 2.75) is 20.3 Å². The van der Waals surface area contributed by atoms with E-state index in [1.165, 1.54) is 29.2 Å². The van der Waals surface area contributed by atoms with Crippen LogP contribution in [0.25, 0.3) is 0 Å². The van der Waals surface area contributed by atoms with Gasteiger partial charge >= 0.3 is 5.97 Å². The van der Waals surface area contributed by atoms with E-state index in [0.717, 1.165) is 5.56 Å². The van der Waals surface area contributed by atoms with Gasteiger partial charge in [-0.25, -0.2) is 4.39 Å². The molecule has 1 unspecified atom stereocenters. The maximum absolute atomic E-state index is 13.8. The number of carbonyl (C=O) groups excluding carboxylic acids is 2. The Bertz CT molecular complexity index is 959. The number of carbonyl (C=O) groups is 3. The Kier molecular flexibility index (Phi) is 5.18. The van der Waals surface area contributed by atoms with Crippen LogP contribution in [0.15, 0.2) is 42.5 Å². The smallest absolute Gasteiger partial charge is 0.311 e. The number of anilines is 1. The van der Waals surface area contributed by atoms with Crippen molar-refractivity contribution in [2.75, 3.05) is 18.4 Å². The fourth-order valence-electron chi connectivity index (χ4n) is 3.22. The molecule has 0 bridgehead atoms. The number of likely N-dealkylation sites (tertiary alicyclic amines) is 1. The monoisotopic (exact) mass is 384 g/mol. The van der Waals surface area contributed by atoms with Gasteiger partial charge in [0.15, 0.2) is 0 Å². The van der Waals surface area contributed by atoms with Gasteiger partial charge in [-0.15, -0.1) is 0 Å². The number of hydrogen-bond acceptors (Lipinski definition) is 3. The summed E-state index contributed by atoms with van der Waals surface area (Å²) in [5.74, 6) is -2.46. The van der Waals surface area contributed by atoms with E-state index >= 15 is 0 Å². The topological polar surface area (TPSA) is 86.7 Å². The first-order chi connectivity index (χ1) is 13.2. The lowest BCUT2D eigenvalue weighted by molar-refractivity contribution is -0.147. The third-order valence-electron chi connectivity index (χ3n) is 5.13. The molecule has 0 saturated carbocycles. The van der Waals surface area contributed by atoms with E-state index in [2.05, 4.69) is 5.32 Å². The minimum atomic E-state index is -0.956. The van der Waals surface area contributed by atoms with Crippen LogP contribution in [-0.2, 0) is 4.79 Å². The number of aliphatic carboxylic acids is 1. The standard InChI is InChI=1S/C21H21FN2O4/c1-13-7-8-14(19(26)24-10-9-21(2,12-24)20(27)28)11-17(13)23-18(25)15-5-3-4-6-16(15)22/h3-8,11H,9-10,12H2,1-2H3,(H,23,25)(H,27,28). The van der Waals surface area contributed by atoms with Gasteiger partial charge < -0.3 is 15.3 Å². The Labute approximate surface area is 162 Å². The highest BCUT2D eigenvalue weighted by Gasteiger charge is 2.42. The lowest BCUT2D eigenvalue weighted by Crippen LogP contribution is -2.34. The third kappa shape index (κ3) is 3.74. The molecule has 1 atom stereocenters. The number of hydrogen-bond donors (Lipinski definition) is 2. The van der Waals surface area contributed by atoms with Crippen LogP contribution in [0, 0.1) is 18.2 Å². The second-order valence-electron chi connectivity index (χ2n) is 7.31. The van der Waals surface area contributed by atoms with Gasteiger partial charge in [-0.05, 0) is 50.1 Å². The molecule has 0 spiro atoms. The predicted octanol–water partition coefficient (Wildman–Crippen LogP) is 3.32. The molecule has 28 heavy (non-hydrogen) atoms. The molecule has 146 valence electrons. The average molecular weight is 384 g/mol. The molecule has 7 heteroatoms. The van der Waals surface area contributed by atoms with Crippen molar-refractivity contribution in [1.29, 1.82) is 0 Å². The van der Waals surface area contributed by atoms with Crippen LogP contribution in [0.5, 0.6) is 0 Å². The SMILES string of the molecule is Cc1ccc(C(=O)N2CCC(C)(C(=O)O)C2)cc1NC(=O)c1ccccc1F. The van der Waals surface area contributed by atoms with Crippen LogP contribution in [0.2, 0.25) is 0 Å². The van der Waals surface area contributed by atoms with Crippen molar-refractivity contribution in [3.63, 3.8) is 0 Å². The maximum atomic E-state index is 13.8. The summed E-state index contributed by atoms with van der Waals surface area (Å²) in [6.45, 7) is 3.87. The molecule has 1 aliphatic heterocycles. The normalized spacial score (nSPS) is 18.8. The summed E-state index contributed by atoms with van der Waals surface area (Å²) >= 11 is 0. The van der Waals surface area contributed by atoms with Gasteiger partial charge in [0.2, 0.25) is 0 Å². The van der Waals surface area contributed by atoms with Crippen molar-refractivity contribution < 1.29 is 23.9 Å². The van der Waals surface area contributed by atoms with Crippen LogP contribution >= 0.6 is 0 Å². The molecule has 1 fully saturated rings. The summed E-state index contributed by atoms with van der Waals surface area (Å²) in [6, 6.07) is 10.5. The van der Waals surface area contributed by atoms with E-state index in [0.29, 0.717) is 24.2 Å². The first-order valence-corrected chi connectivity index (χ1v) is 8.90. The van der Waals surface area contributed by atoms with Gasteiger partial charge in [-0.3, -0.25) is 14.4 Å². The van der Waals surface area contributed by atoms with E-state index in [9.17, 15) is 23.9 Å². The lowest BCUT2D eigenvalue weighted by atomic mass is 9.90. The first kappa shape index (κ1) is 19.5. The maximum Gasteiger partial charge on any atom is 0.311 e. The zero-order chi connectivity index (χ0) is 20.5. The fraction of sp³-hybridized carbons (Fsp3) is 0.286. The largest absolute Gasteiger partial charge is 0.481 e. The van der Waals surface area contributed by atoms with Gasteiger partial charge in [-0.1, -0.05) is 18.2 Å². The Balaban J connectivity index is 1.80. The van der Waals surface area contributed by atoms with Crippen LogP contribution in [0.3, 0.4) is 0 Å². The second-order valence-corrected chi connectivity index (χ2v) is 7.31. The van der Waals surface area contributed by atoms with Crippen LogP contribution in [0.1, 0.15) is 39.6 Å². The number of aryl methyl sites for hydroxylation is 1. The number of carboxylic acids is 1. The molecule has 3 rings (SSSR count). The van der Waals surface area contributed by atoms with Gasteiger partial charge in [0.25, 0.3) is 11.8 Å². The van der Waals surface area contributed by atoms with Crippen molar-refractivity contribution in [3.8, 4) is 0 Å². The highest BCUT2D eigenvalue weighted by atomic mass is 19.1. The quantitative estimate of drug-likeness (QED) is 0.847. The summed E-state index contributed by atoms with van der Waals surface area (Å²) in [6.07, 6.45) is 0.386. The molecule has 1 heterocycles. The second kappa shape index (κ2) is 7.42.